The van der Waals surface area contributed by atoms with Gasteiger partial charge in [0.2, 0.25) is 5.91 Å². The van der Waals surface area contributed by atoms with Crippen molar-refractivity contribution in [2.75, 3.05) is 19.4 Å². The molecule has 2 rings (SSSR count). The third kappa shape index (κ3) is 6.28. The second-order valence-electron chi connectivity index (χ2n) is 5.05. The summed E-state index contributed by atoms with van der Waals surface area (Å²) >= 11 is 5.08. The number of carbonyl (C=O) groups is 1. The average molecular weight is 394 g/mol. The summed E-state index contributed by atoms with van der Waals surface area (Å²) in [5.41, 5.74) is 2.41. The molecule has 1 amide bonds. The molecule has 0 aliphatic heterocycles. The van der Waals surface area contributed by atoms with E-state index in [1.165, 1.54) is 11.1 Å². The van der Waals surface area contributed by atoms with Crippen molar-refractivity contribution in [1.82, 2.24) is 5.32 Å². The third-order valence-corrected chi connectivity index (χ3v) is 4.92. The molecule has 0 atom stereocenters. The van der Waals surface area contributed by atoms with Crippen LogP contribution in [0.3, 0.4) is 0 Å². The highest BCUT2D eigenvalue weighted by atomic mass is 79.9. The second kappa shape index (κ2) is 9.63. The summed E-state index contributed by atoms with van der Waals surface area (Å²) in [5, 5.41) is 2.96. The van der Waals surface area contributed by atoms with Crippen LogP contribution in [-0.4, -0.2) is 25.3 Å². The Bertz CT molecular complexity index is 634. The van der Waals surface area contributed by atoms with E-state index in [1.54, 1.807) is 18.9 Å². The number of methoxy groups -OCH3 is 1. The quantitative estimate of drug-likeness (QED) is 0.734. The summed E-state index contributed by atoms with van der Waals surface area (Å²) in [6.45, 7) is 0.678. The van der Waals surface area contributed by atoms with Gasteiger partial charge in [-0.05, 0) is 45.6 Å². The molecule has 0 radical (unpaired) electrons. The first kappa shape index (κ1) is 17.9. The molecule has 2 aromatic carbocycles. The maximum Gasteiger partial charge on any atom is 0.230 e. The van der Waals surface area contributed by atoms with E-state index in [-0.39, 0.29) is 5.91 Å². The lowest BCUT2D eigenvalue weighted by Gasteiger charge is -2.07. The fraction of sp³-hybridized carbons (Fsp3) is 0.278. The second-order valence-corrected chi connectivity index (χ2v) is 6.89. The SMILES string of the molecule is COc1ccc(CSCC(=O)NCCc2ccccc2)cc1Br. The molecule has 0 aromatic heterocycles. The van der Waals surface area contributed by atoms with E-state index in [4.69, 9.17) is 4.74 Å². The lowest BCUT2D eigenvalue weighted by atomic mass is 10.1. The topological polar surface area (TPSA) is 38.3 Å². The molecule has 0 unspecified atom stereocenters. The fourth-order valence-electron chi connectivity index (χ4n) is 2.10. The third-order valence-electron chi connectivity index (χ3n) is 3.30. The molecule has 2 aromatic rings. The zero-order valence-electron chi connectivity index (χ0n) is 13.0. The number of halogens is 1. The molecule has 122 valence electrons. The number of ether oxygens (including phenoxy) is 1. The van der Waals surface area contributed by atoms with Crippen LogP contribution < -0.4 is 10.1 Å². The van der Waals surface area contributed by atoms with Crippen LogP contribution >= 0.6 is 27.7 Å². The van der Waals surface area contributed by atoms with Gasteiger partial charge in [0.25, 0.3) is 0 Å². The number of hydrogen-bond donors (Lipinski definition) is 1. The standard InChI is InChI=1S/C18H20BrNO2S/c1-22-17-8-7-15(11-16(17)19)12-23-13-18(21)20-10-9-14-5-3-2-4-6-14/h2-8,11H,9-10,12-13H2,1H3,(H,20,21). The molecule has 0 aliphatic rings. The van der Waals surface area contributed by atoms with Crippen molar-refractivity contribution in [2.24, 2.45) is 0 Å². The van der Waals surface area contributed by atoms with Gasteiger partial charge >= 0.3 is 0 Å². The van der Waals surface area contributed by atoms with Crippen LogP contribution in [0, 0.1) is 0 Å². The molecule has 0 fully saturated rings. The van der Waals surface area contributed by atoms with Gasteiger partial charge in [-0.1, -0.05) is 36.4 Å². The van der Waals surface area contributed by atoms with Crippen LogP contribution in [0.15, 0.2) is 53.0 Å². The highest BCUT2D eigenvalue weighted by molar-refractivity contribution is 9.10. The first-order valence-electron chi connectivity index (χ1n) is 7.40. The van der Waals surface area contributed by atoms with E-state index in [1.807, 2.05) is 36.4 Å². The van der Waals surface area contributed by atoms with Crippen molar-refractivity contribution in [3.8, 4) is 5.75 Å². The minimum atomic E-state index is 0.0820. The number of hydrogen-bond acceptors (Lipinski definition) is 3. The number of nitrogens with one attached hydrogen (secondary N) is 1. The van der Waals surface area contributed by atoms with E-state index in [9.17, 15) is 4.79 Å². The molecular formula is C18H20BrNO2S. The predicted molar refractivity (Wildman–Crippen MR) is 100 cm³/mol. The van der Waals surface area contributed by atoms with Gasteiger partial charge in [0.15, 0.2) is 0 Å². The molecule has 5 heteroatoms. The van der Waals surface area contributed by atoms with Crippen molar-refractivity contribution < 1.29 is 9.53 Å². The van der Waals surface area contributed by atoms with Crippen LogP contribution in [0.5, 0.6) is 5.75 Å². The summed E-state index contributed by atoms with van der Waals surface area (Å²) in [6, 6.07) is 16.1. The molecule has 0 spiro atoms. The Hall–Kier alpha value is -1.46. The van der Waals surface area contributed by atoms with Gasteiger partial charge in [0.05, 0.1) is 17.3 Å². The smallest absolute Gasteiger partial charge is 0.230 e. The number of benzene rings is 2. The van der Waals surface area contributed by atoms with E-state index in [0.29, 0.717) is 12.3 Å². The maximum absolute atomic E-state index is 11.8. The normalized spacial score (nSPS) is 10.3. The number of amides is 1. The maximum atomic E-state index is 11.8. The van der Waals surface area contributed by atoms with Gasteiger partial charge in [0.1, 0.15) is 5.75 Å². The van der Waals surface area contributed by atoms with Crippen molar-refractivity contribution in [2.45, 2.75) is 12.2 Å². The lowest BCUT2D eigenvalue weighted by molar-refractivity contribution is -0.118. The number of thioether (sulfide) groups is 1. The van der Waals surface area contributed by atoms with Crippen LogP contribution in [0.2, 0.25) is 0 Å². The fourth-order valence-corrected chi connectivity index (χ4v) is 3.50. The number of carbonyl (C=O) groups excluding carboxylic acids is 1. The summed E-state index contributed by atoms with van der Waals surface area (Å²) in [7, 11) is 1.65. The lowest BCUT2D eigenvalue weighted by Crippen LogP contribution is -2.27. The van der Waals surface area contributed by atoms with Crippen molar-refractivity contribution in [3.63, 3.8) is 0 Å². The molecule has 3 nitrogen and oxygen atoms in total. The van der Waals surface area contributed by atoms with E-state index in [0.717, 1.165) is 22.4 Å². The molecule has 1 N–H and O–H groups in total. The zero-order valence-corrected chi connectivity index (χ0v) is 15.5. The molecule has 0 aliphatic carbocycles. The molecule has 0 bridgehead atoms. The zero-order chi connectivity index (χ0) is 16.5. The molecule has 0 saturated carbocycles. The largest absolute Gasteiger partial charge is 0.496 e. The van der Waals surface area contributed by atoms with Crippen molar-refractivity contribution in [1.29, 1.82) is 0 Å². The van der Waals surface area contributed by atoms with Gasteiger partial charge in [-0.25, -0.2) is 0 Å². The van der Waals surface area contributed by atoms with Gasteiger partial charge in [-0.15, -0.1) is 11.8 Å². The molecule has 0 saturated heterocycles. The Kier molecular flexibility index (Phi) is 7.49. The molecular weight excluding hydrogens is 374 g/mol. The molecule has 0 heterocycles. The highest BCUT2D eigenvalue weighted by Gasteiger charge is 2.04. The van der Waals surface area contributed by atoms with Gasteiger partial charge in [0, 0.05) is 12.3 Å². The van der Waals surface area contributed by atoms with E-state index >= 15 is 0 Å². The summed E-state index contributed by atoms with van der Waals surface area (Å²) in [5.74, 6) is 2.17. The van der Waals surface area contributed by atoms with Crippen LogP contribution in [0.1, 0.15) is 11.1 Å². The minimum absolute atomic E-state index is 0.0820. The Morgan fingerprint density at radius 3 is 2.65 bits per heavy atom. The van der Waals surface area contributed by atoms with Crippen LogP contribution in [0.4, 0.5) is 0 Å². The summed E-state index contributed by atoms with van der Waals surface area (Å²) in [6.07, 6.45) is 0.864. The first-order chi connectivity index (χ1) is 11.2. The Morgan fingerprint density at radius 2 is 1.96 bits per heavy atom. The monoisotopic (exact) mass is 393 g/mol. The van der Waals surface area contributed by atoms with E-state index in [2.05, 4.69) is 33.4 Å². The Balaban J connectivity index is 1.65. The van der Waals surface area contributed by atoms with Crippen LogP contribution in [0.25, 0.3) is 0 Å². The van der Waals surface area contributed by atoms with Gasteiger partial charge in [-0.3, -0.25) is 4.79 Å². The number of rotatable bonds is 8. The summed E-state index contributed by atoms with van der Waals surface area (Å²) < 4.78 is 6.14. The minimum Gasteiger partial charge on any atom is -0.496 e. The molecule has 23 heavy (non-hydrogen) atoms. The highest BCUT2D eigenvalue weighted by Crippen LogP contribution is 2.27. The average Bonchev–Trinajstić information content (AvgIpc) is 2.56. The van der Waals surface area contributed by atoms with Gasteiger partial charge < -0.3 is 10.1 Å². The van der Waals surface area contributed by atoms with Crippen molar-refractivity contribution in [3.05, 3.63) is 64.1 Å². The summed E-state index contributed by atoms with van der Waals surface area (Å²) in [4.78, 5) is 11.8. The Morgan fingerprint density at radius 1 is 1.17 bits per heavy atom. The van der Waals surface area contributed by atoms with Crippen LogP contribution in [-0.2, 0) is 17.0 Å². The van der Waals surface area contributed by atoms with Crippen molar-refractivity contribution >= 4 is 33.6 Å². The first-order valence-corrected chi connectivity index (χ1v) is 9.34. The van der Waals surface area contributed by atoms with E-state index < -0.39 is 0 Å². The predicted octanol–water partition coefficient (Wildman–Crippen LogP) is 4.05. The van der Waals surface area contributed by atoms with Gasteiger partial charge in [-0.2, -0.15) is 0 Å². The Labute approximate surface area is 149 Å².